The van der Waals surface area contributed by atoms with Gasteiger partial charge in [0.2, 0.25) is 0 Å². The highest BCUT2D eigenvalue weighted by Crippen LogP contribution is 2.14. The molecule has 21 heteroatoms. The molecule has 0 atom stereocenters. The maximum atomic E-state index is 8.16. The van der Waals surface area contributed by atoms with Crippen LogP contribution in [0.25, 0.3) is 0 Å². The van der Waals surface area contributed by atoms with E-state index in [1.165, 1.54) is 167 Å². The highest BCUT2D eigenvalue weighted by molar-refractivity contribution is 5.83. The minimum atomic E-state index is 0.174. The minimum absolute atomic E-state index is 0.174. The van der Waals surface area contributed by atoms with Gasteiger partial charge in [0.15, 0.2) is 5.96 Å². The van der Waals surface area contributed by atoms with Gasteiger partial charge < -0.3 is 62.7 Å². The summed E-state index contributed by atoms with van der Waals surface area (Å²) in [5, 5.41) is 11.4. The normalized spacial score (nSPS) is 13.1. The van der Waals surface area contributed by atoms with Gasteiger partial charge in [0.05, 0.1) is 52.5 Å². The Morgan fingerprint density at radius 3 is 0.589 bits per heavy atom. The number of hydrogen-bond acceptors (Lipinski definition) is 10. The number of nitrogens with two attached hydrogens (primary N) is 10. The number of nitrogens with one attached hydrogen (secondary N) is 2. The predicted molar refractivity (Wildman–Crippen MR) is 419 cm³/mol. The molecule has 0 aliphatic heterocycles. The Labute approximate surface area is 581 Å². The third kappa shape index (κ3) is 72.6. The fourth-order valence-electron chi connectivity index (χ4n) is 11.3. The van der Waals surface area contributed by atoms with E-state index >= 15 is 0 Å². The van der Waals surface area contributed by atoms with E-state index in [0.717, 1.165) is 279 Å². The highest BCUT2D eigenvalue weighted by Gasteiger charge is 2.04. The van der Waals surface area contributed by atoms with Crippen LogP contribution in [0.15, 0.2) is 44.9 Å². The lowest BCUT2D eigenvalue weighted by molar-refractivity contribution is 0.605. The van der Waals surface area contributed by atoms with Crippen molar-refractivity contribution < 1.29 is 0 Å². The predicted octanol–water partition coefficient (Wildman–Crippen LogP) is 14.4. The van der Waals surface area contributed by atoms with Crippen LogP contribution < -0.4 is 62.7 Å². The topological polar surface area (TPSA) is 407 Å². The summed E-state index contributed by atoms with van der Waals surface area (Å²) >= 11 is 0. The van der Waals surface area contributed by atoms with Gasteiger partial charge >= 0.3 is 0 Å². The van der Waals surface area contributed by atoms with E-state index in [1.54, 1.807) is 7.05 Å². The number of nitrogens with zero attached hydrogens (tertiary/aromatic N) is 9. The average Bonchev–Trinajstić information content (AvgIpc) is 3.65. The number of hydrogen-bond donors (Lipinski definition) is 12. The van der Waals surface area contributed by atoms with E-state index in [-0.39, 0.29) is 5.96 Å². The lowest BCUT2D eigenvalue weighted by Gasteiger charge is -2.08. The first-order chi connectivity index (χ1) is 46.3. The molecule has 0 heterocycles. The van der Waals surface area contributed by atoms with Gasteiger partial charge in [-0.05, 0) is 116 Å². The molecule has 22 N–H and O–H groups in total. The third-order valence-corrected chi connectivity index (χ3v) is 17.5. The van der Waals surface area contributed by atoms with Crippen LogP contribution in [0.3, 0.4) is 0 Å². The van der Waals surface area contributed by atoms with Gasteiger partial charge in [-0.2, -0.15) is 0 Å². The van der Waals surface area contributed by atoms with Crippen LogP contribution >= 0.6 is 0 Å². The summed E-state index contributed by atoms with van der Waals surface area (Å²) in [6.07, 6.45) is 59.7. The van der Waals surface area contributed by atoms with Gasteiger partial charge in [0, 0.05) is 124 Å². The van der Waals surface area contributed by atoms with Gasteiger partial charge in [0.25, 0.3) is 0 Å². The molecule has 0 aromatic heterocycles. The summed E-state index contributed by atoms with van der Waals surface area (Å²) in [5.41, 5.74) is 59.9. The minimum Gasteiger partial charge on any atom is -0.387 e. The molecule has 21 nitrogen and oxygen atoms in total. The Morgan fingerprint density at radius 2 is 0.379 bits per heavy atom. The number of rotatable bonds is 72. The summed E-state index contributed by atoms with van der Waals surface area (Å²) in [5.74, 6) is 7.21. The number of unbranched alkanes of at least 4 members (excludes halogenated alkanes) is 36. The molecule has 0 unspecified atom stereocenters. The zero-order valence-electron chi connectivity index (χ0n) is 61.3. The first-order valence-corrected chi connectivity index (χ1v) is 38.9. The van der Waals surface area contributed by atoms with E-state index in [4.69, 9.17) is 62.7 Å². The van der Waals surface area contributed by atoms with E-state index < -0.39 is 0 Å². The van der Waals surface area contributed by atoms with Crippen molar-refractivity contribution in [2.45, 2.75) is 347 Å². The van der Waals surface area contributed by atoms with Crippen LogP contribution in [0.5, 0.6) is 0 Å². The smallest absolute Gasteiger partial charge is 0.185 e. The van der Waals surface area contributed by atoms with Crippen molar-refractivity contribution in [2.75, 3.05) is 66.0 Å². The first-order valence-electron chi connectivity index (χ1n) is 38.9. The van der Waals surface area contributed by atoms with Crippen molar-refractivity contribution in [3.8, 4) is 0 Å². The molecule has 0 aromatic carbocycles. The molecule has 0 spiro atoms. The molecule has 95 heavy (non-hydrogen) atoms. The van der Waals surface area contributed by atoms with E-state index in [2.05, 4.69) is 50.2 Å². The second-order valence-corrected chi connectivity index (χ2v) is 26.7. The maximum absolute atomic E-state index is 8.16. The van der Waals surface area contributed by atoms with Crippen LogP contribution in [0.2, 0.25) is 0 Å². The van der Waals surface area contributed by atoms with Crippen molar-refractivity contribution in [1.29, 1.82) is 5.41 Å². The van der Waals surface area contributed by atoms with Crippen LogP contribution in [0.1, 0.15) is 347 Å². The van der Waals surface area contributed by atoms with Crippen LogP contribution in [0.4, 0.5) is 0 Å². The molecule has 0 rings (SSSR count). The highest BCUT2D eigenvalue weighted by atomic mass is 15.0. The number of amidine groups is 9. The fraction of sp³-hybridized carbons (Fsp3) is 0.865. The Kier molecular flexibility index (Phi) is 67.2. The number of aliphatic imine (C=N–C) groups is 9. The second-order valence-electron chi connectivity index (χ2n) is 26.7. The van der Waals surface area contributed by atoms with Gasteiger partial charge in [-0.25, -0.2) is 0 Å². The molecule has 0 bridgehead atoms. The van der Waals surface area contributed by atoms with Gasteiger partial charge in [-0.3, -0.25) is 50.3 Å². The van der Waals surface area contributed by atoms with Crippen LogP contribution in [-0.4, -0.2) is 124 Å². The second kappa shape index (κ2) is 71.3. The molecule has 0 aliphatic carbocycles. The van der Waals surface area contributed by atoms with Gasteiger partial charge in [-0.15, -0.1) is 0 Å². The lowest BCUT2D eigenvalue weighted by atomic mass is 10.1. The monoisotopic (exact) mass is 1330 g/mol. The van der Waals surface area contributed by atoms with Crippen LogP contribution in [0, 0.1) is 5.41 Å². The van der Waals surface area contributed by atoms with Crippen molar-refractivity contribution in [3.63, 3.8) is 0 Å². The SMILES string of the molecule is CN=C(N)CCCCCCCNC(=N)CCCCCCCN=C(N)CCCCCCCN=C(N)CCCCCCCN=C(N)CCCCCCCN=C(N)CCCCCCCN=C(N)CCCCCCCN=C(N)CCCCCCCN=C(N)CCCCCCCN=C(N)N. The zero-order chi connectivity index (χ0) is 69.4. The largest absolute Gasteiger partial charge is 0.387 e. The molecule has 0 saturated carbocycles. The molecule has 0 amide bonds. The summed E-state index contributed by atoms with van der Waals surface area (Å²) in [7, 11) is 1.75. The van der Waals surface area contributed by atoms with E-state index in [1.807, 2.05) is 0 Å². The Morgan fingerprint density at radius 1 is 0.211 bits per heavy atom. The molecule has 0 fully saturated rings. The molecule has 0 saturated heterocycles. The summed E-state index contributed by atoms with van der Waals surface area (Å²) in [6.45, 7) is 7.42. The van der Waals surface area contributed by atoms with Gasteiger partial charge in [-0.1, -0.05) is 173 Å². The number of guanidine groups is 1. The van der Waals surface area contributed by atoms with Crippen molar-refractivity contribution in [1.82, 2.24) is 5.32 Å². The van der Waals surface area contributed by atoms with E-state index in [0.29, 0.717) is 12.4 Å². The first kappa shape index (κ1) is 89.5. The zero-order valence-corrected chi connectivity index (χ0v) is 61.3. The quantitative estimate of drug-likeness (QED) is 0.0154. The summed E-state index contributed by atoms with van der Waals surface area (Å²) in [6, 6.07) is 0. The van der Waals surface area contributed by atoms with Gasteiger partial charge in [0.1, 0.15) is 0 Å². The Hall–Kier alpha value is -5.50. The van der Waals surface area contributed by atoms with Crippen LogP contribution in [-0.2, 0) is 0 Å². The third-order valence-electron chi connectivity index (χ3n) is 17.5. The molecule has 0 aliphatic rings. The summed E-state index contributed by atoms with van der Waals surface area (Å²) in [4.78, 5) is 40.3. The van der Waals surface area contributed by atoms with Crippen molar-refractivity contribution in [3.05, 3.63) is 0 Å². The Balaban J connectivity index is 3.60. The average molecular weight is 1340 g/mol. The summed E-state index contributed by atoms with van der Waals surface area (Å²) < 4.78 is 0. The standard InChI is InChI=1S/C74H151N21/c1-86-65(75)47-29-11-2-20-38-56-87-66(76)48-30-12-3-21-39-57-88-67(77)49-31-13-4-22-40-58-89-68(78)50-32-14-5-23-41-59-90-69(79)51-33-15-6-24-42-60-91-70(80)52-34-16-7-25-43-61-92-71(81)53-35-17-8-26-44-62-93-72(82)54-36-18-9-27-45-63-94-73(83)55-37-19-10-28-46-64-95-74(84)85/h2-64H2,1H3,(H2,75,86)(H2,76,87)(H2,77,88)(H2,78,89)(H2,79,90)(H2,80,91)(H2,81,92)(H2,82,93)(H2,83,94)(H4,84,85,95). The van der Waals surface area contributed by atoms with E-state index in [9.17, 15) is 0 Å². The molecule has 552 valence electrons. The molecule has 0 aromatic rings. The maximum Gasteiger partial charge on any atom is 0.185 e. The Bertz CT molecular complexity index is 2040. The lowest BCUT2D eigenvalue weighted by Crippen LogP contribution is -2.23. The molecule has 0 radical (unpaired) electrons. The van der Waals surface area contributed by atoms with Crippen molar-refractivity contribution in [2.24, 2.45) is 102 Å². The fourth-order valence-corrected chi connectivity index (χ4v) is 11.3. The molecular weight excluding hydrogens is 1180 g/mol. The van der Waals surface area contributed by atoms with Crippen molar-refractivity contribution >= 4 is 58.5 Å². The molecular formula is C74H151N21.